The van der Waals surface area contributed by atoms with Crippen molar-refractivity contribution >= 4 is 17.1 Å². The van der Waals surface area contributed by atoms with Crippen LogP contribution in [0.1, 0.15) is 17.4 Å². The van der Waals surface area contributed by atoms with Crippen molar-refractivity contribution in [2.45, 2.75) is 6.92 Å². The maximum absolute atomic E-state index is 12.9. The predicted octanol–water partition coefficient (Wildman–Crippen LogP) is 2.29. The Kier molecular flexibility index (Phi) is 5.50. The minimum absolute atomic E-state index is 0.118. The molecule has 2 heterocycles. The summed E-state index contributed by atoms with van der Waals surface area (Å²) in [4.78, 5) is 36.7. The number of aromatic amines is 1. The standard InChI is InChI=1S/C22H21N5O5/c1-4-32-15-8-6-5-7-14(15)27-21-18(25-22(27)29)17(19(23)28)24-20(26-21)13-10-9-12(30-2)11-16(13)31-3/h5-11H,4H2,1-3H3,(H2,23,28)(H,25,29). The van der Waals surface area contributed by atoms with Crippen LogP contribution in [0.4, 0.5) is 0 Å². The summed E-state index contributed by atoms with van der Waals surface area (Å²) >= 11 is 0. The molecule has 10 heteroatoms. The van der Waals surface area contributed by atoms with Gasteiger partial charge in [0.2, 0.25) is 0 Å². The van der Waals surface area contributed by atoms with Gasteiger partial charge >= 0.3 is 5.69 Å². The average Bonchev–Trinajstić information content (AvgIpc) is 3.13. The molecule has 0 atom stereocenters. The van der Waals surface area contributed by atoms with Gasteiger partial charge in [-0.25, -0.2) is 19.3 Å². The minimum atomic E-state index is -0.808. The first-order valence-corrected chi connectivity index (χ1v) is 9.75. The molecule has 0 spiro atoms. The fourth-order valence-corrected chi connectivity index (χ4v) is 3.41. The third-order valence-electron chi connectivity index (χ3n) is 4.83. The van der Waals surface area contributed by atoms with Crippen LogP contribution in [0.2, 0.25) is 0 Å². The summed E-state index contributed by atoms with van der Waals surface area (Å²) in [5.41, 5.74) is 6.22. The van der Waals surface area contributed by atoms with Crippen LogP contribution in [0, 0.1) is 0 Å². The summed E-state index contributed by atoms with van der Waals surface area (Å²) in [7, 11) is 3.03. The summed E-state index contributed by atoms with van der Waals surface area (Å²) < 4.78 is 17.7. The molecule has 0 bridgehead atoms. The van der Waals surface area contributed by atoms with Crippen molar-refractivity contribution in [1.29, 1.82) is 0 Å². The number of para-hydroxylation sites is 2. The van der Waals surface area contributed by atoms with Gasteiger partial charge < -0.3 is 24.9 Å². The number of carbonyl (C=O) groups is 1. The number of ether oxygens (including phenoxy) is 3. The smallest absolute Gasteiger partial charge is 0.332 e. The summed E-state index contributed by atoms with van der Waals surface area (Å²) in [5, 5.41) is 0. The van der Waals surface area contributed by atoms with E-state index in [1.54, 1.807) is 42.5 Å². The molecule has 164 valence electrons. The highest BCUT2D eigenvalue weighted by atomic mass is 16.5. The third-order valence-corrected chi connectivity index (χ3v) is 4.83. The Bertz CT molecular complexity index is 1380. The molecule has 32 heavy (non-hydrogen) atoms. The fraction of sp³-hybridized carbons (Fsp3) is 0.182. The zero-order chi connectivity index (χ0) is 22.8. The molecule has 4 rings (SSSR count). The summed E-state index contributed by atoms with van der Waals surface area (Å²) in [6.07, 6.45) is 0. The Morgan fingerprint density at radius 2 is 1.88 bits per heavy atom. The number of nitrogens with zero attached hydrogens (tertiary/aromatic N) is 3. The maximum Gasteiger partial charge on any atom is 0.332 e. The average molecular weight is 435 g/mol. The normalized spacial score (nSPS) is 10.8. The first-order chi connectivity index (χ1) is 15.5. The number of nitrogens with two attached hydrogens (primary N) is 1. The van der Waals surface area contributed by atoms with Crippen molar-refractivity contribution in [3.63, 3.8) is 0 Å². The number of benzene rings is 2. The Hall–Kier alpha value is -4.34. The second kappa shape index (κ2) is 8.42. The lowest BCUT2D eigenvalue weighted by molar-refractivity contribution is 0.0997. The van der Waals surface area contributed by atoms with Crippen LogP contribution < -0.4 is 25.6 Å². The Balaban J connectivity index is 2.05. The van der Waals surface area contributed by atoms with E-state index in [2.05, 4.69) is 15.0 Å². The van der Waals surface area contributed by atoms with Crippen molar-refractivity contribution in [1.82, 2.24) is 19.5 Å². The van der Waals surface area contributed by atoms with E-state index in [-0.39, 0.29) is 22.7 Å². The highest BCUT2D eigenvalue weighted by Gasteiger charge is 2.23. The lowest BCUT2D eigenvalue weighted by Crippen LogP contribution is -2.16. The third kappa shape index (κ3) is 3.51. The van der Waals surface area contributed by atoms with Crippen LogP contribution in [0.5, 0.6) is 17.2 Å². The van der Waals surface area contributed by atoms with E-state index >= 15 is 0 Å². The quantitative estimate of drug-likeness (QED) is 0.455. The maximum atomic E-state index is 12.9. The summed E-state index contributed by atoms with van der Waals surface area (Å²) in [6, 6.07) is 12.1. The highest BCUT2D eigenvalue weighted by Crippen LogP contribution is 2.33. The van der Waals surface area contributed by atoms with Crippen LogP contribution >= 0.6 is 0 Å². The lowest BCUT2D eigenvalue weighted by atomic mass is 10.1. The van der Waals surface area contributed by atoms with Crippen molar-refractivity contribution in [3.8, 4) is 34.3 Å². The molecule has 0 aliphatic carbocycles. The van der Waals surface area contributed by atoms with Crippen LogP contribution in [0.3, 0.4) is 0 Å². The van der Waals surface area contributed by atoms with Crippen LogP contribution in [-0.2, 0) is 0 Å². The number of rotatable bonds is 7. The number of amides is 1. The molecule has 2 aromatic carbocycles. The molecule has 0 aliphatic heterocycles. The number of primary amides is 1. The zero-order valence-electron chi connectivity index (χ0n) is 17.7. The number of H-pyrrole nitrogens is 1. The number of methoxy groups -OCH3 is 2. The van der Waals surface area contributed by atoms with E-state index in [9.17, 15) is 9.59 Å². The van der Waals surface area contributed by atoms with Crippen molar-refractivity contribution in [2.75, 3.05) is 20.8 Å². The van der Waals surface area contributed by atoms with Crippen LogP contribution in [0.25, 0.3) is 28.2 Å². The molecule has 0 fully saturated rings. The van der Waals surface area contributed by atoms with Crippen molar-refractivity contribution < 1.29 is 19.0 Å². The first kappa shape index (κ1) is 20.9. The molecule has 2 aromatic heterocycles. The molecule has 0 unspecified atom stereocenters. The van der Waals surface area contributed by atoms with Crippen LogP contribution in [0.15, 0.2) is 47.3 Å². The molecule has 0 saturated carbocycles. The van der Waals surface area contributed by atoms with E-state index in [4.69, 9.17) is 19.9 Å². The number of nitrogens with one attached hydrogen (secondary N) is 1. The fourth-order valence-electron chi connectivity index (χ4n) is 3.41. The molecule has 0 saturated heterocycles. The second-order valence-electron chi connectivity index (χ2n) is 6.69. The Labute approximate surface area is 182 Å². The molecule has 4 aromatic rings. The topological polar surface area (TPSA) is 134 Å². The minimum Gasteiger partial charge on any atom is -0.497 e. The monoisotopic (exact) mass is 435 g/mol. The molecular weight excluding hydrogens is 414 g/mol. The Morgan fingerprint density at radius 3 is 2.56 bits per heavy atom. The SMILES string of the molecule is CCOc1ccccc1-n1c(=O)[nH]c2c(C(N)=O)nc(-c3ccc(OC)cc3OC)nc21. The lowest BCUT2D eigenvalue weighted by Gasteiger charge is -2.12. The van der Waals surface area contributed by atoms with Gasteiger partial charge in [0, 0.05) is 6.07 Å². The number of aromatic nitrogens is 4. The van der Waals surface area contributed by atoms with Gasteiger partial charge in [-0.05, 0) is 31.2 Å². The number of hydrogen-bond donors (Lipinski definition) is 2. The first-order valence-electron chi connectivity index (χ1n) is 9.75. The van der Waals surface area contributed by atoms with E-state index in [0.29, 0.717) is 35.1 Å². The van der Waals surface area contributed by atoms with Crippen LogP contribution in [-0.4, -0.2) is 46.3 Å². The predicted molar refractivity (Wildman–Crippen MR) is 118 cm³/mol. The molecule has 3 N–H and O–H groups in total. The number of fused-ring (bicyclic) bond motifs is 1. The summed E-state index contributed by atoms with van der Waals surface area (Å²) in [6.45, 7) is 2.25. The molecule has 10 nitrogen and oxygen atoms in total. The molecular formula is C22H21N5O5. The van der Waals surface area contributed by atoms with E-state index in [1.807, 2.05) is 6.92 Å². The van der Waals surface area contributed by atoms with E-state index < -0.39 is 11.6 Å². The van der Waals surface area contributed by atoms with Gasteiger partial charge in [-0.3, -0.25) is 4.79 Å². The van der Waals surface area contributed by atoms with Crippen molar-refractivity contribution in [3.05, 3.63) is 58.6 Å². The van der Waals surface area contributed by atoms with Gasteiger partial charge in [0.15, 0.2) is 17.2 Å². The van der Waals surface area contributed by atoms with Gasteiger partial charge in [-0.15, -0.1) is 0 Å². The number of carbonyl (C=O) groups excluding carboxylic acids is 1. The number of hydrogen-bond acceptors (Lipinski definition) is 7. The summed E-state index contributed by atoms with van der Waals surface area (Å²) in [5.74, 6) is 0.843. The van der Waals surface area contributed by atoms with Crippen molar-refractivity contribution in [2.24, 2.45) is 5.73 Å². The Morgan fingerprint density at radius 1 is 1.09 bits per heavy atom. The van der Waals surface area contributed by atoms with Gasteiger partial charge in [-0.1, -0.05) is 12.1 Å². The largest absolute Gasteiger partial charge is 0.497 e. The molecule has 0 radical (unpaired) electrons. The van der Waals surface area contributed by atoms with Gasteiger partial charge in [0.05, 0.1) is 32.1 Å². The van der Waals surface area contributed by atoms with Gasteiger partial charge in [-0.2, -0.15) is 0 Å². The van der Waals surface area contributed by atoms with E-state index in [1.165, 1.54) is 18.8 Å². The van der Waals surface area contributed by atoms with Gasteiger partial charge in [0.1, 0.15) is 22.8 Å². The van der Waals surface area contributed by atoms with Gasteiger partial charge in [0.25, 0.3) is 5.91 Å². The van der Waals surface area contributed by atoms with E-state index in [0.717, 1.165) is 0 Å². The number of imidazole rings is 1. The zero-order valence-corrected chi connectivity index (χ0v) is 17.7. The highest BCUT2D eigenvalue weighted by molar-refractivity contribution is 6.02. The molecule has 0 aliphatic rings. The molecule has 1 amide bonds. The second-order valence-corrected chi connectivity index (χ2v) is 6.69.